The number of benzene rings is 2. The van der Waals surface area contributed by atoms with Gasteiger partial charge in [-0.25, -0.2) is 5.43 Å². The minimum atomic E-state index is -0.603. The van der Waals surface area contributed by atoms with Crippen molar-refractivity contribution in [2.45, 2.75) is 6.92 Å². The molecule has 6 nitrogen and oxygen atoms in total. The number of phenols is 2. The van der Waals surface area contributed by atoms with E-state index in [0.29, 0.717) is 27.4 Å². The number of phenolic OH excluding ortho intramolecular Hbond substituents is 2. The zero-order valence-electron chi connectivity index (χ0n) is 12.6. The van der Waals surface area contributed by atoms with Gasteiger partial charge in [-0.15, -0.1) is 0 Å². The van der Waals surface area contributed by atoms with Crippen molar-refractivity contribution < 1.29 is 19.7 Å². The number of amides is 1. The minimum absolute atomic E-state index is 0.0121. The molecule has 0 saturated carbocycles. The van der Waals surface area contributed by atoms with Crippen molar-refractivity contribution in [2.75, 3.05) is 6.61 Å². The van der Waals surface area contributed by atoms with Crippen LogP contribution in [0.4, 0.5) is 0 Å². The van der Waals surface area contributed by atoms with Crippen molar-refractivity contribution in [3.63, 3.8) is 0 Å². The van der Waals surface area contributed by atoms with Gasteiger partial charge in [0, 0.05) is 5.02 Å². The van der Waals surface area contributed by atoms with Gasteiger partial charge in [-0.05, 0) is 58.7 Å². The lowest BCUT2D eigenvalue weighted by molar-refractivity contribution is 0.0952. The van der Waals surface area contributed by atoms with Gasteiger partial charge < -0.3 is 14.9 Å². The van der Waals surface area contributed by atoms with Gasteiger partial charge in [0.2, 0.25) is 0 Å². The third-order valence-electron chi connectivity index (χ3n) is 2.93. The highest BCUT2D eigenvalue weighted by Crippen LogP contribution is 2.35. The summed E-state index contributed by atoms with van der Waals surface area (Å²) in [6.07, 6.45) is 1.38. The molecule has 0 radical (unpaired) electrons. The first-order valence-corrected chi connectivity index (χ1v) is 8.06. The van der Waals surface area contributed by atoms with E-state index in [4.69, 9.17) is 16.3 Å². The van der Waals surface area contributed by atoms with E-state index in [1.54, 1.807) is 19.1 Å². The minimum Gasteiger partial charge on any atom is -0.507 e. The Hall–Kier alpha value is -2.25. The summed E-state index contributed by atoms with van der Waals surface area (Å²) in [6.45, 7) is 2.19. The zero-order valence-corrected chi connectivity index (χ0v) is 14.9. The number of nitrogens with one attached hydrogen (secondary N) is 1. The van der Waals surface area contributed by atoms with Crippen LogP contribution in [-0.2, 0) is 0 Å². The second-order valence-electron chi connectivity index (χ2n) is 4.64. The highest BCUT2D eigenvalue weighted by Gasteiger charge is 2.11. The Balaban J connectivity index is 2.14. The quantitative estimate of drug-likeness (QED) is 0.515. The maximum Gasteiger partial charge on any atom is 0.275 e. The third-order valence-corrected chi connectivity index (χ3v) is 3.77. The Morgan fingerprint density at radius 3 is 2.83 bits per heavy atom. The zero-order chi connectivity index (χ0) is 17.7. The number of rotatable bonds is 5. The maximum absolute atomic E-state index is 12.0. The van der Waals surface area contributed by atoms with Crippen LogP contribution in [0.2, 0.25) is 5.02 Å². The normalized spacial score (nSPS) is 10.8. The molecule has 0 aliphatic heterocycles. The molecule has 2 aromatic carbocycles. The first-order chi connectivity index (χ1) is 11.4. The van der Waals surface area contributed by atoms with Crippen LogP contribution in [0.25, 0.3) is 0 Å². The number of aromatic hydroxyl groups is 2. The maximum atomic E-state index is 12.0. The summed E-state index contributed by atoms with van der Waals surface area (Å²) < 4.78 is 5.75. The highest BCUT2D eigenvalue weighted by molar-refractivity contribution is 9.10. The van der Waals surface area contributed by atoms with Gasteiger partial charge in [-0.1, -0.05) is 11.6 Å². The number of hydrogen-bond acceptors (Lipinski definition) is 5. The lowest BCUT2D eigenvalue weighted by Gasteiger charge is -2.08. The van der Waals surface area contributed by atoms with Crippen molar-refractivity contribution in [1.82, 2.24) is 5.43 Å². The fraction of sp³-hybridized carbons (Fsp3) is 0.125. The van der Waals surface area contributed by atoms with Crippen LogP contribution in [-0.4, -0.2) is 28.9 Å². The molecule has 126 valence electrons. The fourth-order valence-electron chi connectivity index (χ4n) is 1.85. The third kappa shape index (κ3) is 4.39. The van der Waals surface area contributed by atoms with Crippen LogP contribution in [0.3, 0.4) is 0 Å². The Morgan fingerprint density at radius 1 is 1.38 bits per heavy atom. The van der Waals surface area contributed by atoms with Gasteiger partial charge in [-0.3, -0.25) is 4.79 Å². The molecule has 0 aromatic heterocycles. The predicted molar refractivity (Wildman–Crippen MR) is 95.2 cm³/mol. The molecule has 0 heterocycles. The number of hydrazone groups is 1. The number of nitrogens with zero attached hydrogens (tertiary/aromatic N) is 1. The van der Waals surface area contributed by atoms with Gasteiger partial charge in [0.05, 0.1) is 22.9 Å². The number of halogens is 2. The second-order valence-corrected chi connectivity index (χ2v) is 5.93. The van der Waals surface area contributed by atoms with E-state index in [2.05, 4.69) is 26.5 Å². The summed E-state index contributed by atoms with van der Waals surface area (Å²) in [5.74, 6) is -0.513. The molecule has 0 saturated heterocycles. The molecule has 2 aromatic rings. The molecule has 2 rings (SSSR count). The molecule has 24 heavy (non-hydrogen) atoms. The number of carbonyl (C=O) groups is 1. The summed E-state index contributed by atoms with van der Waals surface area (Å²) in [6, 6.07) is 7.33. The van der Waals surface area contributed by atoms with E-state index in [0.717, 1.165) is 0 Å². The van der Waals surface area contributed by atoms with E-state index < -0.39 is 5.91 Å². The van der Waals surface area contributed by atoms with Crippen LogP contribution >= 0.6 is 27.5 Å². The monoisotopic (exact) mass is 412 g/mol. The number of hydrogen-bond donors (Lipinski definition) is 3. The van der Waals surface area contributed by atoms with Gasteiger partial charge >= 0.3 is 0 Å². The summed E-state index contributed by atoms with van der Waals surface area (Å²) in [7, 11) is 0. The summed E-state index contributed by atoms with van der Waals surface area (Å²) in [4.78, 5) is 12.0. The molecule has 8 heteroatoms. The van der Waals surface area contributed by atoms with Crippen molar-refractivity contribution in [3.8, 4) is 17.2 Å². The molecule has 0 spiro atoms. The van der Waals surface area contributed by atoms with Gasteiger partial charge in [0.1, 0.15) is 5.75 Å². The SMILES string of the molecule is CCOc1cc(/C=N/NC(=O)c2cc(Cl)ccc2O)cc(Br)c1O. The van der Waals surface area contributed by atoms with Crippen molar-refractivity contribution >= 4 is 39.7 Å². The van der Waals surface area contributed by atoms with E-state index in [1.807, 2.05) is 0 Å². The highest BCUT2D eigenvalue weighted by atomic mass is 79.9. The van der Waals surface area contributed by atoms with Crippen molar-refractivity contribution in [2.24, 2.45) is 5.10 Å². The van der Waals surface area contributed by atoms with E-state index in [9.17, 15) is 15.0 Å². The molecular formula is C16H14BrClN2O4. The van der Waals surface area contributed by atoms with E-state index in [1.165, 1.54) is 24.4 Å². The molecule has 0 bridgehead atoms. The predicted octanol–water partition coefficient (Wildman–Crippen LogP) is 3.68. The lowest BCUT2D eigenvalue weighted by atomic mass is 10.2. The number of carbonyl (C=O) groups excluding carboxylic acids is 1. The second kappa shape index (κ2) is 8.03. The Bertz CT molecular complexity index is 796. The van der Waals surface area contributed by atoms with Crippen LogP contribution in [0.1, 0.15) is 22.8 Å². The van der Waals surface area contributed by atoms with E-state index in [-0.39, 0.29) is 17.1 Å². The Morgan fingerprint density at radius 2 is 2.12 bits per heavy atom. The Labute approximate surface area is 151 Å². The molecule has 3 N–H and O–H groups in total. The summed E-state index contributed by atoms with van der Waals surface area (Å²) in [5, 5.41) is 23.7. The van der Waals surface area contributed by atoms with Gasteiger partial charge in [0.15, 0.2) is 11.5 Å². The molecule has 0 atom stereocenters. The lowest BCUT2D eigenvalue weighted by Crippen LogP contribution is -2.17. The smallest absolute Gasteiger partial charge is 0.275 e. The van der Waals surface area contributed by atoms with Crippen LogP contribution in [0.15, 0.2) is 39.9 Å². The topological polar surface area (TPSA) is 91.2 Å². The van der Waals surface area contributed by atoms with E-state index >= 15 is 0 Å². The Kier molecular flexibility index (Phi) is 6.05. The fourth-order valence-corrected chi connectivity index (χ4v) is 2.48. The summed E-state index contributed by atoms with van der Waals surface area (Å²) in [5.41, 5.74) is 2.91. The van der Waals surface area contributed by atoms with Crippen LogP contribution < -0.4 is 10.2 Å². The summed E-state index contributed by atoms with van der Waals surface area (Å²) >= 11 is 9.01. The molecule has 0 unspecified atom stereocenters. The van der Waals surface area contributed by atoms with Crippen LogP contribution in [0.5, 0.6) is 17.2 Å². The van der Waals surface area contributed by atoms with Crippen molar-refractivity contribution in [1.29, 1.82) is 0 Å². The van der Waals surface area contributed by atoms with Gasteiger partial charge in [-0.2, -0.15) is 5.10 Å². The first-order valence-electron chi connectivity index (χ1n) is 6.89. The van der Waals surface area contributed by atoms with Crippen LogP contribution in [0, 0.1) is 0 Å². The molecule has 0 aliphatic rings. The average molecular weight is 414 g/mol. The molecule has 0 aliphatic carbocycles. The van der Waals surface area contributed by atoms with Gasteiger partial charge in [0.25, 0.3) is 5.91 Å². The first kappa shape index (κ1) is 18.1. The molecule has 1 amide bonds. The standard InChI is InChI=1S/C16H14BrClN2O4/c1-2-24-14-6-9(5-12(17)15(14)22)8-19-20-16(23)11-7-10(18)3-4-13(11)21/h3-8,21-22H,2H2,1H3,(H,20,23)/b19-8+. The number of ether oxygens (including phenoxy) is 1. The largest absolute Gasteiger partial charge is 0.507 e. The van der Waals surface area contributed by atoms with Crippen molar-refractivity contribution in [3.05, 3.63) is 51.0 Å². The average Bonchev–Trinajstić information content (AvgIpc) is 2.54. The molecular weight excluding hydrogens is 400 g/mol. The molecule has 0 fully saturated rings.